The second kappa shape index (κ2) is 6.13. The molecule has 1 aromatic carbocycles. The van der Waals surface area contributed by atoms with Gasteiger partial charge >= 0.3 is 5.97 Å². The first-order chi connectivity index (χ1) is 9.83. The molecule has 0 aliphatic carbocycles. The number of carbonyl (C=O) groups is 1. The third-order valence-corrected chi connectivity index (χ3v) is 4.63. The van der Waals surface area contributed by atoms with Crippen molar-refractivity contribution in [3.8, 4) is 5.69 Å². The summed E-state index contributed by atoms with van der Waals surface area (Å²) in [6.07, 6.45) is 5.70. The maximum absolute atomic E-state index is 11.8. The zero-order valence-corrected chi connectivity index (χ0v) is 11.9. The van der Waals surface area contributed by atoms with E-state index in [1.54, 1.807) is 22.6 Å². The van der Waals surface area contributed by atoms with Crippen LogP contribution in [0.3, 0.4) is 0 Å². The number of benzene rings is 1. The third-order valence-electron chi connectivity index (χ3n) is 3.28. The van der Waals surface area contributed by atoms with Crippen LogP contribution in [0.15, 0.2) is 42.7 Å². The number of rotatable bonds is 4. The van der Waals surface area contributed by atoms with Gasteiger partial charge in [0, 0.05) is 12.4 Å². The Morgan fingerprint density at radius 3 is 2.90 bits per heavy atom. The van der Waals surface area contributed by atoms with Crippen LogP contribution < -0.4 is 0 Å². The van der Waals surface area contributed by atoms with E-state index in [-0.39, 0.29) is 11.2 Å². The summed E-state index contributed by atoms with van der Waals surface area (Å²) in [5.74, 6) is 0.988. The lowest BCUT2D eigenvalue weighted by molar-refractivity contribution is -0.144. The van der Waals surface area contributed by atoms with E-state index in [0.717, 1.165) is 29.8 Å². The van der Waals surface area contributed by atoms with Crippen LogP contribution in [-0.2, 0) is 16.1 Å². The van der Waals surface area contributed by atoms with E-state index in [9.17, 15) is 4.79 Å². The van der Waals surface area contributed by atoms with Crippen molar-refractivity contribution < 1.29 is 9.53 Å². The molecule has 1 aromatic heterocycles. The van der Waals surface area contributed by atoms with E-state index in [1.807, 2.05) is 36.5 Å². The number of hydrogen-bond donors (Lipinski definition) is 0. The molecule has 1 aliphatic heterocycles. The molecule has 1 unspecified atom stereocenters. The normalized spacial score (nSPS) is 18.1. The Morgan fingerprint density at radius 1 is 1.40 bits per heavy atom. The number of ether oxygens (including phenoxy) is 1. The lowest BCUT2D eigenvalue weighted by Gasteiger charge is -2.09. The number of hydrogen-bond acceptors (Lipinski definition) is 4. The highest BCUT2D eigenvalue weighted by molar-refractivity contribution is 8.00. The zero-order chi connectivity index (χ0) is 13.8. The molecule has 20 heavy (non-hydrogen) atoms. The summed E-state index contributed by atoms with van der Waals surface area (Å²) in [4.78, 5) is 11.8. The van der Waals surface area contributed by atoms with Crippen molar-refractivity contribution in [1.29, 1.82) is 0 Å². The molecule has 1 aliphatic rings. The predicted octanol–water partition coefficient (Wildman–Crippen LogP) is 2.81. The minimum atomic E-state index is -0.0800. The summed E-state index contributed by atoms with van der Waals surface area (Å²) < 4.78 is 7.16. The van der Waals surface area contributed by atoms with E-state index in [2.05, 4.69) is 5.10 Å². The van der Waals surface area contributed by atoms with Crippen LogP contribution in [0.4, 0.5) is 0 Å². The van der Waals surface area contributed by atoms with Gasteiger partial charge < -0.3 is 4.74 Å². The molecular weight excluding hydrogens is 272 g/mol. The predicted molar refractivity (Wildman–Crippen MR) is 78.8 cm³/mol. The first-order valence-corrected chi connectivity index (χ1v) is 7.75. The van der Waals surface area contributed by atoms with Crippen LogP contribution >= 0.6 is 11.8 Å². The van der Waals surface area contributed by atoms with Crippen molar-refractivity contribution in [2.75, 3.05) is 5.75 Å². The summed E-state index contributed by atoms with van der Waals surface area (Å²) in [6.45, 7) is 0.343. The molecule has 4 nitrogen and oxygen atoms in total. The first kappa shape index (κ1) is 13.2. The third kappa shape index (κ3) is 3.04. The van der Waals surface area contributed by atoms with Gasteiger partial charge in [-0.05, 0) is 42.4 Å². The first-order valence-electron chi connectivity index (χ1n) is 6.70. The molecule has 0 saturated carbocycles. The highest BCUT2D eigenvalue weighted by Crippen LogP contribution is 2.27. The van der Waals surface area contributed by atoms with Crippen LogP contribution in [0.25, 0.3) is 5.69 Å². The largest absolute Gasteiger partial charge is 0.460 e. The van der Waals surface area contributed by atoms with Gasteiger partial charge in [-0.3, -0.25) is 4.79 Å². The molecule has 5 heteroatoms. The van der Waals surface area contributed by atoms with Crippen molar-refractivity contribution in [1.82, 2.24) is 9.78 Å². The Labute approximate surface area is 122 Å². The number of thioether (sulfide) groups is 1. The van der Waals surface area contributed by atoms with Gasteiger partial charge in [-0.1, -0.05) is 12.1 Å². The molecular formula is C15H16N2O2S. The van der Waals surface area contributed by atoms with Crippen LogP contribution in [0, 0.1) is 0 Å². The monoisotopic (exact) mass is 288 g/mol. The standard InChI is InChI=1S/C15H16N2O2S/c18-15(14-3-1-10-20-14)19-11-12-4-6-13(7-5-12)17-9-2-8-16-17/h2,4-9,14H,1,3,10-11H2. The molecule has 2 heterocycles. The minimum Gasteiger partial charge on any atom is -0.460 e. The number of carbonyl (C=O) groups excluding carboxylic acids is 1. The van der Waals surface area contributed by atoms with Crippen LogP contribution in [-0.4, -0.2) is 26.8 Å². The lowest BCUT2D eigenvalue weighted by Crippen LogP contribution is -2.17. The van der Waals surface area contributed by atoms with Crippen molar-refractivity contribution in [3.63, 3.8) is 0 Å². The number of nitrogens with zero attached hydrogens (tertiary/aromatic N) is 2. The maximum Gasteiger partial charge on any atom is 0.319 e. The van der Waals surface area contributed by atoms with Gasteiger partial charge in [0.05, 0.1) is 5.69 Å². The molecule has 0 N–H and O–H groups in total. The minimum absolute atomic E-state index is 0.0401. The Hall–Kier alpha value is -1.75. The fourth-order valence-corrected chi connectivity index (χ4v) is 3.33. The zero-order valence-electron chi connectivity index (χ0n) is 11.1. The second-order valence-electron chi connectivity index (χ2n) is 4.73. The fourth-order valence-electron chi connectivity index (χ4n) is 2.18. The molecule has 2 aromatic rings. The van der Waals surface area contributed by atoms with Gasteiger partial charge in [0.1, 0.15) is 11.9 Å². The quantitative estimate of drug-likeness (QED) is 0.812. The number of esters is 1. The average molecular weight is 288 g/mol. The maximum atomic E-state index is 11.8. The van der Waals surface area contributed by atoms with Gasteiger partial charge in [-0.2, -0.15) is 5.10 Å². The summed E-state index contributed by atoms with van der Waals surface area (Å²) in [5.41, 5.74) is 1.99. The summed E-state index contributed by atoms with van der Waals surface area (Å²) in [6, 6.07) is 9.76. The van der Waals surface area contributed by atoms with Gasteiger partial charge in [0.25, 0.3) is 0 Å². The molecule has 0 bridgehead atoms. The average Bonchev–Trinajstić information content (AvgIpc) is 3.18. The molecule has 104 valence electrons. The Balaban J connectivity index is 1.57. The Morgan fingerprint density at radius 2 is 2.25 bits per heavy atom. The Bertz CT molecular complexity index is 560. The van der Waals surface area contributed by atoms with E-state index >= 15 is 0 Å². The molecule has 3 rings (SSSR count). The van der Waals surface area contributed by atoms with Crippen LogP contribution in [0.2, 0.25) is 0 Å². The summed E-state index contributed by atoms with van der Waals surface area (Å²) in [7, 11) is 0. The van der Waals surface area contributed by atoms with Gasteiger partial charge in [-0.15, -0.1) is 11.8 Å². The second-order valence-corrected chi connectivity index (χ2v) is 6.04. The number of aromatic nitrogens is 2. The molecule has 0 spiro atoms. The van der Waals surface area contributed by atoms with E-state index in [0.29, 0.717) is 6.61 Å². The molecule has 1 saturated heterocycles. The van der Waals surface area contributed by atoms with Crippen molar-refractivity contribution in [2.24, 2.45) is 0 Å². The summed E-state index contributed by atoms with van der Waals surface area (Å²) >= 11 is 1.70. The lowest BCUT2D eigenvalue weighted by atomic mass is 10.2. The van der Waals surface area contributed by atoms with Crippen molar-refractivity contribution in [2.45, 2.75) is 24.7 Å². The van der Waals surface area contributed by atoms with E-state index < -0.39 is 0 Å². The van der Waals surface area contributed by atoms with Crippen LogP contribution in [0.5, 0.6) is 0 Å². The van der Waals surface area contributed by atoms with Gasteiger partial charge in [0.2, 0.25) is 0 Å². The molecule has 1 fully saturated rings. The van der Waals surface area contributed by atoms with E-state index in [4.69, 9.17) is 4.74 Å². The fraction of sp³-hybridized carbons (Fsp3) is 0.333. The van der Waals surface area contributed by atoms with Gasteiger partial charge in [-0.25, -0.2) is 4.68 Å². The van der Waals surface area contributed by atoms with Crippen molar-refractivity contribution in [3.05, 3.63) is 48.3 Å². The smallest absolute Gasteiger partial charge is 0.319 e. The van der Waals surface area contributed by atoms with E-state index in [1.165, 1.54) is 0 Å². The van der Waals surface area contributed by atoms with Crippen LogP contribution in [0.1, 0.15) is 18.4 Å². The summed E-state index contributed by atoms with van der Waals surface area (Å²) in [5, 5.41) is 4.21. The molecule has 1 atom stereocenters. The molecule has 0 radical (unpaired) electrons. The highest BCUT2D eigenvalue weighted by atomic mass is 32.2. The van der Waals surface area contributed by atoms with Crippen molar-refractivity contribution >= 4 is 17.7 Å². The SMILES string of the molecule is O=C(OCc1ccc(-n2cccn2)cc1)C1CCCS1. The molecule has 0 amide bonds. The highest BCUT2D eigenvalue weighted by Gasteiger charge is 2.24. The topological polar surface area (TPSA) is 44.1 Å². The van der Waals surface area contributed by atoms with Gasteiger partial charge in [0.15, 0.2) is 0 Å². The Kier molecular flexibility index (Phi) is 4.06.